The molecule has 3 N–H and O–H groups in total. The Hall–Kier alpha value is -0.220. The van der Waals surface area contributed by atoms with Crippen LogP contribution in [0.3, 0.4) is 0 Å². The number of aliphatic carboxylic acids is 1. The van der Waals surface area contributed by atoms with Crippen molar-refractivity contribution >= 4 is 17.7 Å². The molecular formula is C13H25NO2S. The van der Waals surface area contributed by atoms with Gasteiger partial charge in [0.05, 0.1) is 0 Å². The maximum atomic E-state index is 10.8. The van der Waals surface area contributed by atoms with E-state index in [1.165, 1.54) is 31.4 Å². The first-order chi connectivity index (χ1) is 8.02. The number of rotatable bonds is 8. The van der Waals surface area contributed by atoms with Crippen LogP contribution in [0.1, 0.15) is 51.9 Å². The molecule has 1 atom stereocenters. The number of carboxylic acid groups (broad SMARTS) is 1. The quantitative estimate of drug-likeness (QED) is 0.658. The summed E-state index contributed by atoms with van der Waals surface area (Å²) >= 11 is 2.02. The summed E-state index contributed by atoms with van der Waals surface area (Å²) in [5.74, 6) is 2.49. The lowest BCUT2D eigenvalue weighted by Gasteiger charge is -2.18. The van der Waals surface area contributed by atoms with Crippen LogP contribution in [0, 0.1) is 5.92 Å². The van der Waals surface area contributed by atoms with E-state index in [2.05, 4.69) is 0 Å². The van der Waals surface area contributed by atoms with Gasteiger partial charge in [-0.1, -0.05) is 19.3 Å². The van der Waals surface area contributed by atoms with Crippen molar-refractivity contribution in [3.63, 3.8) is 0 Å². The highest BCUT2D eigenvalue weighted by molar-refractivity contribution is 7.99. The van der Waals surface area contributed by atoms with Crippen molar-refractivity contribution < 1.29 is 9.90 Å². The Balaban J connectivity index is 1.95. The third kappa shape index (κ3) is 5.77. The fourth-order valence-corrected chi connectivity index (χ4v) is 3.47. The van der Waals surface area contributed by atoms with Crippen molar-refractivity contribution in [2.45, 2.75) is 57.4 Å². The Bertz CT molecular complexity index is 238. The van der Waals surface area contributed by atoms with E-state index in [1.807, 2.05) is 11.8 Å². The predicted octanol–water partition coefficient (Wildman–Crippen LogP) is 2.88. The first-order valence-corrected chi connectivity index (χ1v) is 7.78. The average Bonchev–Trinajstić information content (AvgIpc) is 2.75. The van der Waals surface area contributed by atoms with Gasteiger partial charge in [0.2, 0.25) is 0 Å². The van der Waals surface area contributed by atoms with Crippen LogP contribution in [0.15, 0.2) is 0 Å². The van der Waals surface area contributed by atoms with Crippen LogP contribution in [0.25, 0.3) is 0 Å². The summed E-state index contributed by atoms with van der Waals surface area (Å²) in [5.41, 5.74) is 4.62. The molecule has 0 heterocycles. The zero-order valence-electron chi connectivity index (χ0n) is 10.8. The molecule has 0 aromatic carbocycles. The average molecular weight is 259 g/mol. The van der Waals surface area contributed by atoms with Gasteiger partial charge in [-0.2, -0.15) is 11.8 Å². The highest BCUT2D eigenvalue weighted by Gasteiger charge is 2.26. The van der Waals surface area contributed by atoms with E-state index in [-0.39, 0.29) is 0 Å². The summed E-state index contributed by atoms with van der Waals surface area (Å²) < 4.78 is 0. The molecule has 0 aromatic rings. The minimum absolute atomic E-state index is 0.576. The molecule has 1 rings (SSSR count). The zero-order valence-corrected chi connectivity index (χ0v) is 11.6. The standard InChI is InChI=1S/C13H25NO2S/c1-13(14,12(15)16)8-4-5-9-17-10-11-6-2-3-7-11/h11H,2-10,14H2,1H3,(H,15,16). The molecule has 0 radical (unpaired) electrons. The summed E-state index contributed by atoms with van der Waals surface area (Å²) in [6.07, 6.45) is 8.21. The first kappa shape index (κ1) is 14.8. The molecule has 0 amide bonds. The number of unbranched alkanes of at least 4 members (excludes halogenated alkanes) is 1. The lowest BCUT2D eigenvalue weighted by Crippen LogP contribution is -2.44. The lowest BCUT2D eigenvalue weighted by molar-refractivity contribution is -0.142. The fourth-order valence-electron chi connectivity index (χ4n) is 2.23. The van der Waals surface area contributed by atoms with Crippen molar-refractivity contribution in [1.29, 1.82) is 0 Å². The van der Waals surface area contributed by atoms with E-state index >= 15 is 0 Å². The molecule has 100 valence electrons. The number of carbonyl (C=O) groups is 1. The monoisotopic (exact) mass is 259 g/mol. The summed E-state index contributed by atoms with van der Waals surface area (Å²) in [6, 6.07) is 0. The van der Waals surface area contributed by atoms with Crippen molar-refractivity contribution in [3.8, 4) is 0 Å². The molecule has 4 heteroatoms. The van der Waals surface area contributed by atoms with Crippen LogP contribution in [0.4, 0.5) is 0 Å². The molecular weight excluding hydrogens is 234 g/mol. The van der Waals surface area contributed by atoms with Crippen LogP contribution in [-0.2, 0) is 4.79 Å². The molecule has 0 aliphatic heterocycles. The van der Waals surface area contributed by atoms with Crippen LogP contribution in [0.5, 0.6) is 0 Å². The zero-order chi connectivity index (χ0) is 12.7. The predicted molar refractivity (Wildman–Crippen MR) is 73.4 cm³/mol. The second-order valence-electron chi connectivity index (χ2n) is 5.41. The number of thioether (sulfide) groups is 1. The third-order valence-corrected chi connectivity index (χ3v) is 4.84. The van der Waals surface area contributed by atoms with Gasteiger partial charge in [0.1, 0.15) is 5.54 Å². The second-order valence-corrected chi connectivity index (χ2v) is 6.55. The van der Waals surface area contributed by atoms with Crippen molar-refractivity contribution in [2.75, 3.05) is 11.5 Å². The van der Waals surface area contributed by atoms with Crippen LogP contribution in [-0.4, -0.2) is 28.1 Å². The molecule has 1 saturated carbocycles. The summed E-state index contributed by atoms with van der Waals surface area (Å²) in [7, 11) is 0. The Kier molecular flexibility index (Phi) is 6.34. The normalized spacial score (nSPS) is 20.4. The summed E-state index contributed by atoms with van der Waals surface area (Å²) in [6.45, 7) is 1.60. The van der Waals surface area contributed by atoms with Gasteiger partial charge in [-0.25, -0.2) is 0 Å². The summed E-state index contributed by atoms with van der Waals surface area (Å²) in [4.78, 5) is 10.8. The smallest absolute Gasteiger partial charge is 0.323 e. The van der Waals surface area contributed by atoms with Crippen LogP contribution >= 0.6 is 11.8 Å². The highest BCUT2D eigenvalue weighted by Crippen LogP contribution is 2.28. The van der Waals surface area contributed by atoms with Crippen LogP contribution < -0.4 is 5.73 Å². The SMILES string of the molecule is CC(N)(CCCCSCC1CCCC1)C(=O)O. The van der Waals surface area contributed by atoms with Gasteiger partial charge in [0, 0.05) is 0 Å². The minimum atomic E-state index is -1.05. The van der Waals surface area contributed by atoms with E-state index in [4.69, 9.17) is 10.8 Å². The van der Waals surface area contributed by atoms with E-state index in [9.17, 15) is 4.79 Å². The Morgan fingerprint density at radius 3 is 2.65 bits per heavy atom. The number of carboxylic acids is 1. The van der Waals surface area contributed by atoms with Gasteiger partial charge >= 0.3 is 5.97 Å². The molecule has 1 unspecified atom stereocenters. The van der Waals surface area contributed by atoms with E-state index in [0.717, 1.165) is 24.5 Å². The molecule has 0 bridgehead atoms. The topological polar surface area (TPSA) is 63.3 Å². The molecule has 17 heavy (non-hydrogen) atoms. The van der Waals surface area contributed by atoms with E-state index in [0.29, 0.717) is 6.42 Å². The van der Waals surface area contributed by atoms with Gasteiger partial charge in [-0.05, 0) is 50.0 Å². The Labute approximate surface area is 109 Å². The molecule has 0 saturated heterocycles. The van der Waals surface area contributed by atoms with Gasteiger partial charge in [-0.3, -0.25) is 4.79 Å². The van der Waals surface area contributed by atoms with Crippen molar-refractivity contribution in [3.05, 3.63) is 0 Å². The molecule has 1 fully saturated rings. The van der Waals surface area contributed by atoms with Gasteiger partial charge < -0.3 is 10.8 Å². The van der Waals surface area contributed by atoms with Crippen LogP contribution in [0.2, 0.25) is 0 Å². The molecule has 0 aromatic heterocycles. The van der Waals surface area contributed by atoms with Crippen molar-refractivity contribution in [2.24, 2.45) is 11.7 Å². The molecule has 1 aliphatic rings. The first-order valence-electron chi connectivity index (χ1n) is 6.62. The largest absolute Gasteiger partial charge is 0.480 e. The Morgan fingerprint density at radius 1 is 1.41 bits per heavy atom. The third-order valence-electron chi connectivity index (χ3n) is 3.55. The maximum Gasteiger partial charge on any atom is 0.323 e. The fraction of sp³-hybridized carbons (Fsp3) is 0.923. The lowest BCUT2D eigenvalue weighted by atomic mass is 9.97. The Morgan fingerprint density at radius 2 is 2.06 bits per heavy atom. The van der Waals surface area contributed by atoms with E-state index < -0.39 is 11.5 Å². The number of hydrogen-bond donors (Lipinski definition) is 2. The van der Waals surface area contributed by atoms with E-state index in [1.54, 1.807) is 6.92 Å². The van der Waals surface area contributed by atoms with Gasteiger partial charge in [-0.15, -0.1) is 0 Å². The second kappa shape index (κ2) is 7.27. The molecule has 0 spiro atoms. The molecule has 3 nitrogen and oxygen atoms in total. The number of nitrogens with two attached hydrogens (primary N) is 1. The number of hydrogen-bond acceptors (Lipinski definition) is 3. The van der Waals surface area contributed by atoms with Gasteiger partial charge in [0.25, 0.3) is 0 Å². The summed E-state index contributed by atoms with van der Waals surface area (Å²) in [5, 5.41) is 8.86. The minimum Gasteiger partial charge on any atom is -0.480 e. The van der Waals surface area contributed by atoms with Crippen molar-refractivity contribution in [1.82, 2.24) is 0 Å². The maximum absolute atomic E-state index is 10.8. The van der Waals surface area contributed by atoms with Gasteiger partial charge in [0.15, 0.2) is 0 Å². The molecule has 1 aliphatic carbocycles. The highest BCUT2D eigenvalue weighted by atomic mass is 32.2.